The van der Waals surface area contributed by atoms with E-state index in [0.29, 0.717) is 11.4 Å². The molecule has 0 spiro atoms. The Morgan fingerprint density at radius 2 is 1.95 bits per heavy atom. The molecule has 0 amide bonds. The summed E-state index contributed by atoms with van der Waals surface area (Å²) < 4.78 is 26.2. The van der Waals surface area contributed by atoms with Gasteiger partial charge in [-0.1, -0.05) is 11.6 Å². The predicted octanol–water partition coefficient (Wildman–Crippen LogP) is 2.25. The third-order valence-corrected chi connectivity index (χ3v) is 5.14. The monoisotopic (exact) mass is 344 g/mol. The summed E-state index contributed by atoms with van der Waals surface area (Å²) in [6.45, 7) is 0. The number of nitrogens with two attached hydrogens (primary N) is 1. The molecule has 1 aromatic carbocycles. The normalized spacial score (nSPS) is 11.3. The maximum atomic E-state index is 11.9. The van der Waals surface area contributed by atoms with Crippen molar-refractivity contribution in [2.24, 2.45) is 0 Å². The van der Waals surface area contributed by atoms with Crippen LogP contribution in [0.3, 0.4) is 0 Å². The van der Waals surface area contributed by atoms with Gasteiger partial charge in [0.05, 0.1) is 5.75 Å². The highest BCUT2D eigenvalue weighted by Gasteiger charge is 2.11. The standard InChI is InChI=1S/C12H13ClN4O2S2/c13-11-7-12(16-8-15-11)17-21(18,19)6-5-20-10-3-1-9(14)2-4-10/h1-4,7-8H,5-6,14H2,(H,15,16,17). The molecule has 0 unspecified atom stereocenters. The molecule has 6 nitrogen and oxygen atoms in total. The van der Waals surface area contributed by atoms with Crippen molar-refractivity contribution in [3.8, 4) is 0 Å². The zero-order valence-corrected chi connectivity index (χ0v) is 13.2. The predicted molar refractivity (Wildman–Crippen MR) is 86.0 cm³/mol. The fourth-order valence-corrected chi connectivity index (χ4v) is 3.89. The number of rotatable bonds is 6. The zero-order chi connectivity index (χ0) is 15.3. The number of hydrogen-bond acceptors (Lipinski definition) is 6. The van der Waals surface area contributed by atoms with E-state index in [0.717, 1.165) is 4.90 Å². The van der Waals surface area contributed by atoms with Gasteiger partial charge in [0, 0.05) is 22.4 Å². The Bertz CT molecular complexity index is 707. The summed E-state index contributed by atoms with van der Waals surface area (Å²) in [5.74, 6) is 0.536. The summed E-state index contributed by atoms with van der Waals surface area (Å²) in [5, 5.41) is 0.180. The van der Waals surface area contributed by atoms with E-state index in [2.05, 4.69) is 14.7 Å². The molecule has 21 heavy (non-hydrogen) atoms. The van der Waals surface area contributed by atoms with Gasteiger partial charge >= 0.3 is 0 Å². The SMILES string of the molecule is Nc1ccc(SCCS(=O)(=O)Nc2cc(Cl)ncn2)cc1. The van der Waals surface area contributed by atoms with Gasteiger partial charge in [0.1, 0.15) is 17.3 Å². The van der Waals surface area contributed by atoms with Crippen LogP contribution in [0.25, 0.3) is 0 Å². The van der Waals surface area contributed by atoms with Crippen molar-refractivity contribution >= 4 is 44.9 Å². The van der Waals surface area contributed by atoms with Crippen LogP contribution in [0.1, 0.15) is 0 Å². The third kappa shape index (κ3) is 5.41. The van der Waals surface area contributed by atoms with Crippen molar-refractivity contribution < 1.29 is 8.42 Å². The molecule has 3 N–H and O–H groups in total. The highest BCUT2D eigenvalue weighted by molar-refractivity contribution is 8.01. The lowest BCUT2D eigenvalue weighted by atomic mass is 10.3. The second kappa shape index (κ2) is 6.97. The van der Waals surface area contributed by atoms with Crippen LogP contribution in [0.5, 0.6) is 0 Å². The first-order chi connectivity index (χ1) is 9.94. The van der Waals surface area contributed by atoms with Crippen LogP contribution >= 0.6 is 23.4 Å². The maximum Gasteiger partial charge on any atom is 0.234 e. The van der Waals surface area contributed by atoms with Gasteiger partial charge in [-0.3, -0.25) is 4.72 Å². The smallest absolute Gasteiger partial charge is 0.234 e. The maximum absolute atomic E-state index is 11.9. The molecule has 0 aliphatic rings. The van der Waals surface area contributed by atoms with E-state index in [9.17, 15) is 8.42 Å². The van der Waals surface area contributed by atoms with Crippen LogP contribution in [0, 0.1) is 0 Å². The molecular weight excluding hydrogens is 332 g/mol. The number of benzene rings is 1. The molecule has 112 valence electrons. The van der Waals surface area contributed by atoms with Crippen molar-refractivity contribution in [3.63, 3.8) is 0 Å². The lowest BCUT2D eigenvalue weighted by molar-refractivity contribution is 0.602. The van der Waals surface area contributed by atoms with E-state index >= 15 is 0 Å². The Labute approximate surface area is 132 Å². The van der Waals surface area contributed by atoms with Gasteiger partial charge < -0.3 is 5.73 Å². The highest BCUT2D eigenvalue weighted by Crippen LogP contribution is 2.19. The number of aromatic nitrogens is 2. The Morgan fingerprint density at radius 3 is 2.62 bits per heavy atom. The van der Waals surface area contributed by atoms with E-state index in [-0.39, 0.29) is 16.7 Å². The summed E-state index contributed by atoms with van der Waals surface area (Å²) >= 11 is 7.11. The second-order valence-corrected chi connectivity index (χ2v) is 7.46. The topological polar surface area (TPSA) is 98.0 Å². The van der Waals surface area contributed by atoms with Gasteiger partial charge in [0.2, 0.25) is 10.0 Å². The third-order valence-electron chi connectivity index (χ3n) is 2.39. The van der Waals surface area contributed by atoms with E-state index in [1.165, 1.54) is 24.2 Å². The molecule has 1 heterocycles. The number of sulfonamides is 1. The average molecular weight is 345 g/mol. The largest absolute Gasteiger partial charge is 0.399 e. The number of nitrogens with zero attached hydrogens (tertiary/aromatic N) is 2. The van der Waals surface area contributed by atoms with E-state index in [1.807, 2.05) is 12.1 Å². The van der Waals surface area contributed by atoms with Gasteiger partial charge in [-0.2, -0.15) is 0 Å². The number of hydrogen-bond donors (Lipinski definition) is 2. The van der Waals surface area contributed by atoms with Crippen molar-refractivity contribution in [2.45, 2.75) is 4.90 Å². The first-order valence-electron chi connectivity index (χ1n) is 5.91. The first-order valence-corrected chi connectivity index (χ1v) is 8.92. The molecule has 0 fully saturated rings. The molecule has 0 saturated carbocycles. The van der Waals surface area contributed by atoms with Crippen LogP contribution in [-0.4, -0.2) is 29.9 Å². The van der Waals surface area contributed by atoms with E-state index in [4.69, 9.17) is 17.3 Å². The number of thioether (sulfide) groups is 1. The quantitative estimate of drug-likeness (QED) is 0.474. The first kappa shape index (κ1) is 15.9. The highest BCUT2D eigenvalue weighted by atomic mass is 35.5. The second-order valence-electron chi connectivity index (χ2n) is 4.06. The van der Waals surface area contributed by atoms with Gasteiger partial charge in [-0.15, -0.1) is 11.8 Å². The summed E-state index contributed by atoms with van der Waals surface area (Å²) in [6.07, 6.45) is 1.20. The van der Waals surface area contributed by atoms with Gasteiger partial charge in [0.15, 0.2) is 0 Å². The fraction of sp³-hybridized carbons (Fsp3) is 0.167. The molecule has 0 radical (unpaired) electrons. The van der Waals surface area contributed by atoms with Gasteiger partial charge in [-0.25, -0.2) is 18.4 Å². The van der Waals surface area contributed by atoms with Crippen LogP contribution in [-0.2, 0) is 10.0 Å². The minimum Gasteiger partial charge on any atom is -0.399 e. The summed E-state index contributed by atoms with van der Waals surface area (Å²) in [5.41, 5.74) is 6.26. The number of anilines is 2. The fourth-order valence-electron chi connectivity index (χ4n) is 1.43. The summed E-state index contributed by atoms with van der Waals surface area (Å²) in [7, 11) is -3.47. The molecular formula is C12H13ClN4O2S2. The molecule has 2 rings (SSSR count). The summed E-state index contributed by atoms with van der Waals surface area (Å²) in [6, 6.07) is 8.61. The minimum absolute atomic E-state index is 0.0380. The van der Waals surface area contributed by atoms with Crippen molar-refractivity contribution in [2.75, 3.05) is 22.0 Å². The van der Waals surface area contributed by atoms with E-state index < -0.39 is 10.0 Å². The van der Waals surface area contributed by atoms with Gasteiger partial charge in [0.25, 0.3) is 0 Å². The van der Waals surface area contributed by atoms with Gasteiger partial charge in [-0.05, 0) is 24.3 Å². The molecule has 0 atom stereocenters. The molecule has 9 heteroatoms. The number of nitrogen functional groups attached to an aromatic ring is 1. The molecule has 0 aliphatic heterocycles. The van der Waals surface area contributed by atoms with Crippen LogP contribution in [0.2, 0.25) is 5.15 Å². The molecule has 1 aromatic heterocycles. The molecule has 0 bridgehead atoms. The summed E-state index contributed by atoms with van der Waals surface area (Å²) in [4.78, 5) is 8.44. The lowest BCUT2D eigenvalue weighted by Crippen LogP contribution is -2.18. The Kier molecular flexibility index (Phi) is 5.27. The van der Waals surface area contributed by atoms with Crippen molar-refractivity contribution in [1.82, 2.24) is 9.97 Å². The Morgan fingerprint density at radius 1 is 1.24 bits per heavy atom. The Balaban J connectivity index is 1.88. The average Bonchev–Trinajstić information content (AvgIpc) is 2.40. The molecule has 0 saturated heterocycles. The van der Waals surface area contributed by atoms with Crippen LogP contribution in [0.4, 0.5) is 11.5 Å². The lowest BCUT2D eigenvalue weighted by Gasteiger charge is -2.07. The van der Waals surface area contributed by atoms with E-state index in [1.54, 1.807) is 12.1 Å². The number of nitrogens with one attached hydrogen (secondary N) is 1. The molecule has 0 aliphatic carbocycles. The minimum atomic E-state index is -3.47. The van der Waals surface area contributed by atoms with Crippen molar-refractivity contribution in [1.29, 1.82) is 0 Å². The van der Waals surface area contributed by atoms with Crippen LogP contribution < -0.4 is 10.5 Å². The van der Waals surface area contributed by atoms with Crippen LogP contribution in [0.15, 0.2) is 41.6 Å². The molecule has 2 aromatic rings. The number of halogens is 1. The zero-order valence-electron chi connectivity index (χ0n) is 10.9. The van der Waals surface area contributed by atoms with Crippen molar-refractivity contribution in [3.05, 3.63) is 41.8 Å². The Hall–Kier alpha value is -1.51.